The van der Waals surface area contributed by atoms with Crippen LogP contribution in [0.2, 0.25) is 0 Å². The van der Waals surface area contributed by atoms with Gasteiger partial charge in [-0.25, -0.2) is 15.0 Å². The zero-order valence-corrected chi connectivity index (χ0v) is 30.3. The van der Waals surface area contributed by atoms with Gasteiger partial charge in [0.05, 0.1) is 0 Å². The first-order chi connectivity index (χ1) is 27.7. The van der Waals surface area contributed by atoms with Crippen molar-refractivity contribution in [1.82, 2.24) is 15.0 Å². The predicted molar refractivity (Wildman–Crippen MR) is 229 cm³/mol. The molecule has 0 unspecified atom stereocenters. The molecular weight excluding hydrogens is 685 g/mol. The summed E-state index contributed by atoms with van der Waals surface area (Å²) in [4.78, 5) is 17.0. The second-order valence-corrected chi connectivity index (χ2v) is 13.7. The number of fused-ring (bicyclic) bond motifs is 3. The number of aromatic nitrogens is 3. The fourth-order valence-electron chi connectivity index (χ4n) is 7.35. The van der Waals surface area contributed by atoms with Crippen LogP contribution in [0.3, 0.4) is 0 Å². The Morgan fingerprint density at radius 1 is 0.321 bits per heavy atom. The lowest BCUT2D eigenvalue weighted by atomic mass is 9.95. The molecule has 0 radical (unpaired) electrons. The second kappa shape index (κ2) is 14.3. The first-order valence-electron chi connectivity index (χ1n) is 18.7. The van der Waals surface area contributed by atoms with Crippen LogP contribution in [-0.2, 0) is 0 Å². The molecule has 0 saturated carbocycles. The molecule has 5 nitrogen and oxygen atoms in total. The Bertz CT molecular complexity index is 2830. The van der Waals surface area contributed by atoms with E-state index < -0.39 is 0 Å². The molecule has 56 heavy (non-hydrogen) atoms. The monoisotopic (exact) mass is 718 g/mol. The number of hydrogen-bond donors (Lipinski definition) is 0. The van der Waals surface area contributed by atoms with Gasteiger partial charge < -0.3 is 9.32 Å². The molecule has 0 spiro atoms. The zero-order chi connectivity index (χ0) is 37.3. The lowest BCUT2D eigenvalue weighted by Gasteiger charge is -2.25. The number of furan rings is 1. The molecule has 10 aromatic rings. The van der Waals surface area contributed by atoms with Gasteiger partial charge in [-0.2, -0.15) is 0 Å². The van der Waals surface area contributed by atoms with E-state index in [1.165, 1.54) is 0 Å². The normalized spacial score (nSPS) is 11.2. The molecule has 8 aromatic carbocycles. The highest BCUT2D eigenvalue weighted by molar-refractivity contribution is 6.11. The van der Waals surface area contributed by atoms with E-state index in [0.29, 0.717) is 17.5 Å². The van der Waals surface area contributed by atoms with Gasteiger partial charge in [0.2, 0.25) is 0 Å². The second-order valence-electron chi connectivity index (χ2n) is 13.7. The first-order valence-corrected chi connectivity index (χ1v) is 18.7. The molecule has 2 aromatic heterocycles. The van der Waals surface area contributed by atoms with Gasteiger partial charge >= 0.3 is 0 Å². The molecule has 0 bridgehead atoms. The zero-order valence-electron chi connectivity index (χ0n) is 30.3. The highest BCUT2D eigenvalue weighted by Crippen LogP contribution is 2.41. The SMILES string of the molecule is c1ccc(-c2nc(-c3ccccc3)nc(-c3ccc(-c4cc(-c5ccc(N(c6ccccc6)c6ccccc6)cc5)cc5c4oc4ccccc45)cc3)n2)cc1. The molecule has 0 N–H and O–H groups in total. The minimum Gasteiger partial charge on any atom is -0.455 e. The standard InChI is InChI=1S/C51H34N4O/c1-5-15-37(16-6-1)49-52-50(38-17-7-2-8-18-38)54-51(53-49)39-27-25-36(26-28-39)45-33-40(34-46-44-23-13-14-24-47(44)56-48(45)46)35-29-31-43(32-30-35)55(41-19-9-3-10-20-41)42-21-11-4-12-22-42/h1-34H. The molecule has 0 fully saturated rings. The van der Waals surface area contributed by atoms with Crippen LogP contribution in [0, 0.1) is 0 Å². The number of para-hydroxylation sites is 3. The summed E-state index contributed by atoms with van der Waals surface area (Å²) < 4.78 is 6.58. The van der Waals surface area contributed by atoms with E-state index in [4.69, 9.17) is 19.4 Å². The largest absolute Gasteiger partial charge is 0.455 e. The summed E-state index contributed by atoms with van der Waals surface area (Å²) in [5.41, 5.74) is 12.1. The maximum Gasteiger partial charge on any atom is 0.164 e. The van der Waals surface area contributed by atoms with Crippen molar-refractivity contribution in [3.05, 3.63) is 206 Å². The Kier molecular flexibility index (Phi) is 8.43. The fourth-order valence-corrected chi connectivity index (χ4v) is 7.35. The van der Waals surface area contributed by atoms with Gasteiger partial charge in [-0.15, -0.1) is 0 Å². The maximum absolute atomic E-state index is 6.58. The summed E-state index contributed by atoms with van der Waals surface area (Å²) in [7, 11) is 0. The van der Waals surface area contributed by atoms with Crippen LogP contribution < -0.4 is 4.90 Å². The van der Waals surface area contributed by atoms with E-state index >= 15 is 0 Å². The molecule has 0 atom stereocenters. The quantitative estimate of drug-likeness (QED) is 0.157. The van der Waals surface area contributed by atoms with Crippen molar-refractivity contribution in [3.63, 3.8) is 0 Å². The lowest BCUT2D eigenvalue weighted by Crippen LogP contribution is -2.09. The van der Waals surface area contributed by atoms with Crippen molar-refractivity contribution in [2.24, 2.45) is 0 Å². The van der Waals surface area contributed by atoms with Gasteiger partial charge in [0.1, 0.15) is 11.2 Å². The van der Waals surface area contributed by atoms with Crippen molar-refractivity contribution >= 4 is 39.0 Å². The van der Waals surface area contributed by atoms with Crippen LogP contribution in [0.25, 0.3) is 78.4 Å². The van der Waals surface area contributed by atoms with E-state index in [-0.39, 0.29) is 0 Å². The third-order valence-electron chi connectivity index (χ3n) is 10.1. The summed E-state index contributed by atoms with van der Waals surface area (Å²) in [6, 6.07) is 71.1. The fraction of sp³-hybridized carbons (Fsp3) is 0. The highest BCUT2D eigenvalue weighted by Gasteiger charge is 2.18. The molecule has 10 rings (SSSR count). The Hall–Kier alpha value is -7.63. The van der Waals surface area contributed by atoms with Crippen molar-refractivity contribution < 1.29 is 4.42 Å². The van der Waals surface area contributed by atoms with Crippen molar-refractivity contribution in [2.75, 3.05) is 4.90 Å². The molecule has 0 amide bonds. The van der Waals surface area contributed by atoms with Gasteiger partial charge in [-0.05, 0) is 71.3 Å². The van der Waals surface area contributed by atoms with E-state index in [1.807, 2.05) is 84.9 Å². The number of anilines is 3. The van der Waals surface area contributed by atoms with Crippen molar-refractivity contribution in [3.8, 4) is 56.4 Å². The van der Waals surface area contributed by atoms with Crippen LogP contribution in [0.4, 0.5) is 17.1 Å². The first kappa shape index (κ1) is 33.0. The minimum atomic E-state index is 0.618. The van der Waals surface area contributed by atoms with Crippen molar-refractivity contribution in [1.29, 1.82) is 0 Å². The van der Waals surface area contributed by atoms with Gasteiger partial charge in [0.25, 0.3) is 0 Å². The average Bonchev–Trinajstić information content (AvgIpc) is 3.66. The van der Waals surface area contributed by atoms with Crippen LogP contribution in [0.15, 0.2) is 211 Å². The van der Waals surface area contributed by atoms with Crippen LogP contribution in [0.1, 0.15) is 0 Å². The topological polar surface area (TPSA) is 55.1 Å². The van der Waals surface area contributed by atoms with Gasteiger partial charge in [-0.3, -0.25) is 0 Å². The Labute approximate surface area is 324 Å². The molecule has 0 aliphatic carbocycles. The van der Waals surface area contributed by atoms with Gasteiger partial charge in [0.15, 0.2) is 17.5 Å². The number of rotatable bonds is 8. The van der Waals surface area contributed by atoms with Crippen LogP contribution in [-0.4, -0.2) is 15.0 Å². The van der Waals surface area contributed by atoms with Gasteiger partial charge in [0, 0.05) is 50.1 Å². The van der Waals surface area contributed by atoms with E-state index in [1.54, 1.807) is 0 Å². The maximum atomic E-state index is 6.58. The van der Waals surface area contributed by atoms with Crippen LogP contribution >= 0.6 is 0 Å². The predicted octanol–water partition coefficient (Wildman–Crippen LogP) is 13.6. The third kappa shape index (κ3) is 6.27. The summed E-state index contributed by atoms with van der Waals surface area (Å²) in [5, 5.41) is 2.17. The Balaban J connectivity index is 1.06. The highest BCUT2D eigenvalue weighted by atomic mass is 16.3. The number of benzene rings is 8. The van der Waals surface area contributed by atoms with E-state index in [0.717, 1.165) is 77.9 Å². The van der Waals surface area contributed by atoms with Gasteiger partial charge in [-0.1, -0.05) is 152 Å². The number of hydrogen-bond acceptors (Lipinski definition) is 5. The summed E-state index contributed by atoms with van der Waals surface area (Å²) >= 11 is 0. The lowest BCUT2D eigenvalue weighted by molar-refractivity contribution is 0.670. The molecule has 0 saturated heterocycles. The molecule has 264 valence electrons. The molecule has 2 heterocycles. The van der Waals surface area contributed by atoms with E-state index in [9.17, 15) is 0 Å². The minimum absolute atomic E-state index is 0.618. The van der Waals surface area contributed by atoms with Crippen molar-refractivity contribution in [2.45, 2.75) is 0 Å². The molecule has 0 aliphatic rings. The Morgan fingerprint density at radius 2 is 0.750 bits per heavy atom. The smallest absolute Gasteiger partial charge is 0.164 e. The number of nitrogens with zero attached hydrogens (tertiary/aromatic N) is 4. The summed E-state index contributed by atoms with van der Waals surface area (Å²) in [6.07, 6.45) is 0. The average molecular weight is 719 g/mol. The summed E-state index contributed by atoms with van der Waals surface area (Å²) in [6.45, 7) is 0. The molecule has 5 heteroatoms. The van der Waals surface area contributed by atoms with Crippen LogP contribution in [0.5, 0.6) is 0 Å². The van der Waals surface area contributed by atoms with E-state index in [2.05, 4.69) is 126 Å². The summed E-state index contributed by atoms with van der Waals surface area (Å²) in [5.74, 6) is 1.89. The molecule has 0 aliphatic heterocycles. The molecular formula is C51H34N4O. The Morgan fingerprint density at radius 3 is 1.30 bits per heavy atom. The third-order valence-corrected chi connectivity index (χ3v) is 10.1.